The van der Waals surface area contributed by atoms with Gasteiger partial charge in [0.15, 0.2) is 5.82 Å². The second-order valence-electron chi connectivity index (χ2n) is 5.89. The Labute approximate surface area is 134 Å². The van der Waals surface area contributed by atoms with E-state index < -0.39 is 0 Å². The van der Waals surface area contributed by atoms with Crippen LogP contribution in [0.3, 0.4) is 0 Å². The third-order valence-electron chi connectivity index (χ3n) is 4.21. The average Bonchev–Trinajstić information content (AvgIpc) is 3.00. The summed E-state index contributed by atoms with van der Waals surface area (Å²) >= 11 is 6.34. The van der Waals surface area contributed by atoms with Crippen molar-refractivity contribution < 1.29 is 4.52 Å². The fourth-order valence-electron chi connectivity index (χ4n) is 2.87. The summed E-state index contributed by atoms with van der Waals surface area (Å²) in [5, 5.41) is 8.99. The maximum absolute atomic E-state index is 6.34. The quantitative estimate of drug-likeness (QED) is 0.854. The SMILES string of the molecule is Cc1noc(C2CN(Cc3c(C)nn(C)c3Cl)CCN2C)n1. The van der Waals surface area contributed by atoms with Gasteiger partial charge in [-0.3, -0.25) is 14.5 Å². The zero-order valence-corrected chi connectivity index (χ0v) is 14.1. The lowest BCUT2D eigenvalue weighted by molar-refractivity contribution is 0.0713. The predicted octanol–water partition coefficient (Wildman–Crippen LogP) is 1.56. The van der Waals surface area contributed by atoms with Crippen LogP contribution in [0.1, 0.15) is 29.0 Å². The lowest BCUT2D eigenvalue weighted by Gasteiger charge is -2.37. The third kappa shape index (κ3) is 2.88. The van der Waals surface area contributed by atoms with Crippen LogP contribution in [0, 0.1) is 13.8 Å². The fraction of sp³-hybridized carbons (Fsp3) is 0.643. The van der Waals surface area contributed by atoms with Crippen molar-refractivity contribution in [2.45, 2.75) is 26.4 Å². The van der Waals surface area contributed by atoms with E-state index in [1.807, 2.05) is 20.9 Å². The van der Waals surface area contributed by atoms with Gasteiger partial charge in [-0.05, 0) is 20.9 Å². The van der Waals surface area contributed by atoms with Crippen molar-refractivity contribution in [3.05, 3.63) is 28.1 Å². The number of nitrogens with zero attached hydrogens (tertiary/aromatic N) is 6. The summed E-state index contributed by atoms with van der Waals surface area (Å²) in [6, 6.07) is 0.116. The molecule has 0 aromatic carbocycles. The van der Waals surface area contributed by atoms with Crippen LogP contribution in [0.2, 0.25) is 5.15 Å². The molecule has 22 heavy (non-hydrogen) atoms. The highest BCUT2D eigenvalue weighted by atomic mass is 35.5. The van der Waals surface area contributed by atoms with E-state index in [0.29, 0.717) is 16.9 Å². The van der Waals surface area contributed by atoms with Gasteiger partial charge >= 0.3 is 0 Å². The highest BCUT2D eigenvalue weighted by Gasteiger charge is 2.30. The smallest absolute Gasteiger partial charge is 0.245 e. The Morgan fingerprint density at radius 2 is 2.05 bits per heavy atom. The average molecular weight is 325 g/mol. The molecule has 2 aromatic heterocycles. The first-order valence-corrected chi connectivity index (χ1v) is 7.74. The molecule has 0 N–H and O–H groups in total. The Bertz CT molecular complexity index is 666. The molecule has 0 radical (unpaired) electrons. The largest absolute Gasteiger partial charge is 0.338 e. The summed E-state index contributed by atoms with van der Waals surface area (Å²) in [7, 11) is 3.96. The van der Waals surface area contributed by atoms with E-state index in [2.05, 4.69) is 32.1 Å². The number of rotatable bonds is 3. The minimum Gasteiger partial charge on any atom is -0.338 e. The monoisotopic (exact) mass is 324 g/mol. The summed E-state index contributed by atoms with van der Waals surface area (Å²) in [4.78, 5) is 8.99. The number of piperazine rings is 1. The Morgan fingerprint density at radius 3 is 2.64 bits per heavy atom. The van der Waals surface area contributed by atoms with Crippen LogP contribution in [-0.2, 0) is 13.6 Å². The van der Waals surface area contributed by atoms with E-state index in [1.54, 1.807) is 4.68 Å². The maximum atomic E-state index is 6.34. The van der Waals surface area contributed by atoms with Crippen molar-refractivity contribution in [3.63, 3.8) is 0 Å². The second-order valence-corrected chi connectivity index (χ2v) is 6.25. The molecule has 0 aliphatic carbocycles. The van der Waals surface area contributed by atoms with Gasteiger partial charge in [0, 0.05) is 38.8 Å². The molecule has 1 unspecified atom stereocenters. The van der Waals surface area contributed by atoms with Gasteiger partial charge in [0.2, 0.25) is 5.89 Å². The molecule has 3 heterocycles. The van der Waals surface area contributed by atoms with Gasteiger partial charge in [0.1, 0.15) is 11.2 Å². The number of hydrogen-bond donors (Lipinski definition) is 0. The Balaban J connectivity index is 1.75. The maximum Gasteiger partial charge on any atom is 0.245 e. The van der Waals surface area contributed by atoms with Crippen LogP contribution in [0.25, 0.3) is 0 Å². The molecular formula is C14H21ClN6O. The van der Waals surface area contributed by atoms with Crippen molar-refractivity contribution in [1.82, 2.24) is 29.7 Å². The molecule has 0 bridgehead atoms. The first kappa shape index (κ1) is 15.5. The molecule has 8 heteroatoms. The second kappa shape index (κ2) is 5.98. The number of aromatic nitrogens is 4. The van der Waals surface area contributed by atoms with E-state index >= 15 is 0 Å². The van der Waals surface area contributed by atoms with Gasteiger partial charge in [-0.2, -0.15) is 10.1 Å². The Kier molecular flexibility index (Phi) is 4.20. The molecule has 1 saturated heterocycles. The van der Waals surface area contributed by atoms with Crippen molar-refractivity contribution in [1.29, 1.82) is 0 Å². The van der Waals surface area contributed by atoms with Gasteiger partial charge in [-0.25, -0.2) is 0 Å². The third-order valence-corrected chi connectivity index (χ3v) is 4.68. The van der Waals surface area contributed by atoms with Crippen molar-refractivity contribution in [2.75, 3.05) is 26.7 Å². The lowest BCUT2D eigenvalue weighted by Crippen LogP contribution is -2.46. The van der Waals surface area contributed by atoms with Crippen molar-refractivity contribution in [3.8, 4) is 0 Å². The van der Waals surface area contributed by atoms with Crippen LogP contribution in [0.4, 0.5) is 0 Å². The van der Waals surface area contributed by atoms with E-state index in [4.69, 9.17) is 16.1 Å². The molecule has 0 spiro atoms. The first-order valence-electron chi connectivity index (χ1n) is 7.36. The summed E-state index contributed by atoms with van der Waals surface area (Å²) in [5.74, 6) is 1.35. The van der Waals surface area contributed by atoms with E-state index in [9.17, 15) is 0 Å². The number of likely N-dealkylation sites (N-methyl/N-ethyl adjacent to an activating group) is 1. The molecule has 1 fully saturated rings. The van der Waals surface area contributed by atoms with Gasteiger partial charge in [-0.1, -0.05) is 16.8 Å². The molecule has 0 amide bonds. The van der Waals surface area contributed by atoms with Gasteiger partial charge < -0.3 is 4.52 Å². The van der Waals surface area contributed by atoms with Crippen LogP contribution in [0.5, 0.6) is 0 Å². The van der Waals surface area contributed by atoms with Crippen LogP contribution in [-0.4, -0.2) is 56.4 Å². The van der Waals surface area contributed by atoms with Crippen LogP contribution >= 0.6 is 11.6 Å². The lowest BCUT2D eigenvalue weighted by atomic mass is 10.1. The first-order chi connectivity index (χ1) is 10.5. The molecule has 1 aliphatic heterocycles. The van der Waals surface area contributed by atoms with Gasteiger partial charge in [0.25, 0.3) is 0 Å². The molecule has 1 aliphatic rings. The number of aryl methyl sites for hydroxylation is 3. The van der Waals surface area contributed by atoms with Crippen LogP contribution < -0.4 is 0 Å². The molecule has 1 atom stereocenters. The summed E-state index contributed by atoms with van der Waals surface area (Å²) in [6.45, 7) is 7.38. The van der Waals surface area contributed by atoms with E-state index in [-0.39, 0.29) is 6.04 Å². The Morgan fingerprint density at radius 1 is 1.27 bits per heavy atom. The number of halogens is 1. The molecule has 2 aromatic rings. The zero-order chi connectivity index (χ0) is 15.9. The molecular weight excluding hydrogens is 304 g/mol. The fourth-order valence-corrected chi connectivity index (χ4v) is 3.10. The minimum absolute atomic E-state index is 0.116. The summed E-state index contributed by atoms with van der Waals surface area (Å²) in [5.41, 5.74) is 2.07. The zero-order valence-electron chi connectivity index (χ0n) is 13.4. The summed E-state index contributed by atoms with van der Waals surface area (Å²) in [6.07, 6.45) is 0. The molecule has 120 valence electrons. The van der Waals surface area contributed by atoms with Gasteiger partial charge in [-0.15, -0.1) is 0 Å². The predicted molar refractivity (Wildman–Crippen MR) is 82.6 cm³/mol. The minimum atomic E-state index is 0.116. The van der Waals surface area contributed by atoms with Crippen molar-refractivity contribution in [2.24, 2.45) is 7.05 Å². The van der Waals surface area contributed by atoms with Crippen molar-refractivity contribution >= 4 is 11.6 Å². The molecule has 0 saturated carbocycles. The standard InChI is InChI=1S/C14H21ClN6O/c1-9-11(13(15)20(4)17-9)7-21-6-5-19(3)12(8-21)14-16-10(2)18-22-14/h12H,5-8H2,1-4H3. The highest BCUT2D eigenvalue weighted by Crippen LogP contribution is 2.26. The molecule has 7 nitrogen and oxygen atoms in total. The van der Waals surface area contributed by atoms with Crippen LogP contribution in [0.15, 0.2) is 4.52 Å². The Hall–Kier alpha value is -1.44. The summed E-state index contributed by atoms with van der Waals surface area (Å²) < 4.78 is 7.08. The highest BCUT2D eigenvalue weighted by molar-refractivity contribution is 6.30. The number of hydrogen-bond acceptors (Lipinski definition) is 6. The van der Waals surface area contributed by atoms with E-state index in [1.165, 1.54) is 0 Å². The molecule has 3 rings (SSSR count). The van der Waals surface area contributed by atoms with Gasteiger partial charge in [0.05, 0.1) is 5.69 Å². The normalized spacial score (nSPS) is 20.7. The topological polar surface area (TPSA) is 63.2 Å². The van der Waals surface area contributed by atoms with E-state index in [0.717, 1.165) is 37.4 Å².